The predicted octanol–water partition coefficient (Wildman–Crippen LogP) is 3.78. The van der Waals surface area contributed by atoms with Crippen LogP contribution < -0.4 is 11.1 Å². The highest BCUT2D eigenvalue weighted by Crippen LogP contribution is 2.33. The van der Waals surface area contributed by atoms with Gasteiger partial charge in [0.25, 0.3) is 0 Å². The van der Waals surface area contributed by atoms with Crippen LogP contribution >= 0.6 is 0 Å². The number of rotatable bonds is 11. The Morgan fingerprint density at radius 2 is 1.78 bits per heavy atom. The Balaban J connectivity index is 1.52. The Bertz CT molecular complexity index is 1260. The number of amides is 1. The van der Waals surface area contributed by atoms with Gasteiger partial charge < -0.3 is 25.3 Å². The van der Waals surface area contributed by atoms with E-state index in [1.165, 1.54) is 0 Å². The van der Waals surface area contributed by atoms with Gasteiger partial charge in [-0.3, -0.25) is 0 Å². The molecule has 5 atom stereocenters. The minimum atomic E-state index is -4.59. The molecule has 2 heterocycles. The number of halogens is 3. The molecule has 0 unspecified atom stereocenters. The molecule has 0 bridgehead atoms. The Labute approximate surface area is 238 Å². The lowest BCUT2D eigenvalue weighted by molar-refractivity contribution is -0.137. The maximum absolute atomic E-state index is 13.6. The van der Waals surface area contributed by atoms with Crippen LogP contribution in [-0.4, -0.2) is 69.6 Å². The van der Waals surface area contributed by atoms with Crippen LogP contribution in [0, 0.1) is 11.8 Å². The van der Waals surface area contributed by atoms with Crippen molar-refractivity contribution in [2.24, 2.45) is 17.6 Å². The molecule has 226 valence electrons. The van der Waals surface area contributed by atoms with E-state index in [1.807, 2.05) is 44.2 Å². The zero-order valence-corrected chi connectivity index (χ0v) is 23.7. The predicted molar refractivity (Wildman–Crippen MR) is 144 cm³/mol. The molecule has 0 aromatic heterocycles. The van der Waals surface area contributed by atoms with Crippen LogP contribution in [0.25, 0.3) is 0 Å². The maximum Gasteiger partial charge on any atom is 0.416 e. The third kappa shape index (κ3) is 7.98. The van der Waals surface area contributed by atoms with Crippen LogP contribution in [0.2, 0.25) is 0 Å². The average Bonchev–Trinajstić information content (AvgIpc) is 3.53. The topological polar surface area (TPSA) is 120 Å². The van der Waals surface area contributed by atoms with Gasteiger partial charge in [-0.25, -0.2) is 13.2 Å². The van der Waals surface area contributed by atoms with Gasteiger partial charge in [0.15, 0.2) is 6.29 Å². The molecular weight excluding hydrogens is 563 g/mol. The SMILES string of the molecule is CC(C)CN(C[C@@H](N)[C@H](Cc1ccccc1)NC(=O)O[C@H]1CO[C@H]2OCC[C@H]21)S(=O)(=O)c1ccc(C(F)(F)F)cc1. The fourth-order valence-corrected chi connectivity index (χ4v) is 6.69. The summed E-state index contributed by atoms with van der Waals surface area (Å²) in [6.45, 7) is 4.26. The van der Waals surface area contributed by atoms with Gasteiger partial charge >= 0.3 is 12.3 Å². The maximum atomic E-state index is 13.6. The van der Waals surface area contributed by atoms with E-state index in [4.69, 9.17) is 19.9 Å². The minimum Gasteiger partial charge on any atom is -0.443 e. The van der Waals surface area contributed by atoms with E-state index in [0.717, 1.165) is 34.1 Å². The molecule has 2 fully saturated rings. The van der Waals surface area contributed by atoms with Crippen LogP contribution in [0.3, 0.4) is 0 Å². The van der Waals surface area contributed by atoms with Crippen LogP contribution in [-0.2, 0) is 36.8 Å². The van der Waals surface area contributed by atoms with Crippen molar-refractivity contribution >= 4 is 16.1 Å². The van der Waals surface area contributed by atoms with Crippen LogP contribution in [0.1, 0.15) is 31.4 Å². The van der Waals surface area contributed by atoms with E-state index in [2.05, 4.69) is 5.32 Å². The normalized spacial score (nSPS) is 22.5. The van der Waals surface area contributed by atoms with Gasteiger partial charge in [-0.2, -0.15) is 17.5 Å². The first-order chi connectivity index (χ1) is 19.3. The zero-order valence-electron chi connectivity index (χ0n) is 22.9. The van der Waals surface area contributed by atoms with E-state index < -0.39 is 52.3 Å². The monoisotopic (exact) mass is 599 g/mol. The van der Waals surface area contributed by atoms with Gasteiger partial charge in [0.2, 0.25) is 10.0 Å². The first-order valence-electron chi connectivity index (χ1n) is 13.5. The molecule has 9 nitrogen and oxygen atoms in total. The number of ether oxygens (including phenoxy) is 3. The molecule has 41 heavy (non-hydrogen) atoms. The third-order valence-corrected chi connectivity index (χ3v) is 9.01. The van der Waals surface area contributed by atoms with Gasteiger partial charge in [0.1, 0.15) is 6.10 Å². The lowest BCUT2D eigenvalue weighted by Gasteiger charge is -2.31. The Morgan fingerprint density at radius 1 is 1.10 bits per heavy atom. The van der Waals surface area contributed by atoms with E-state index in [1.54, 1.807) is 0 Å². The number of hydrogen-bond acceptors (Lipinski definition) is 7. The first-order valence-corrected chi connectivity index (χ1v) is 15.0. The summed E-state index contributed by atoms with van der Waals surface area (Å²) >= 11 is 0. The number of benzene rings is 2. The van der Waals surface area contributed by atoms with Crippen molar-refractivity contribution in [2.45, 2.75) is 62.2 Å². The summed E-state index contributed by atoms with van der Waals surface area (Å²) < 4.78 is 84.1. The number of nitrogens with zero attached hydrogens (tertiary/aromatic N) is 1. The fourth-order valence-electron chi connectivity index (χ4n) is 5.05. The van der Waals surface area contributed by atoms with Crippen molar-refractivity contribution < 1.29 is 40.6 Å². The van der Waals surface area contributed by atoms with E-state index in [0.29, 0.717) is 19.4 Å². The summed E-state index contributed by atoms with van der Waals surface area (Å²) in [7, 11) is -4.21. The summed E-state index contributed by atoms with van der Waals surface area (Å²) in [5, 5.41) is 2.82. The van der Waals surface area contributed by atoms with Crippen molar-refractivity contribution in [3.05, 3.63) is 65.7 Å². The summed E-state index contributed by atoms with van der Waals surface area (Å²) in [5.41, 5.74) is 6.49. The number of nitrogens with two attached hydrogens (primary N) is 1. The number of alkyl carbamates (subject to hydrolysis) is 1. The molecule has 0 radical (unpaired) electrons. The summed E-state index contributed by atoms with van der Waals surface area (Å²) in [5.74, 6) is -0.168. The van der Waals surface area contributed by atoms with Crippen molar-refractivity contribution in [3.8, 4) is 0 Å². The molecular formula is C28H36F3N3O6S. The lowest BCUT2D eigenvalue weighted by atomic mass is 9.99. The number of carbonyl (C=O) groups excluding carboxylic acids is 1. The third-order valence-electron chi connectivity index (χ3n) is 7.16. The van der Waals surface area contributed by atoms with Gasteiger partial charge in [-0.1, -0.05) is 44.2 Å². The number of alkyl halides is 3. The Morgan fingerprint density at radius 3 is 2.41 bits per heavy atom. The fraction of sp³-hybridized carbons (Fsp3) is 0.536. The first kappa shape index (κ1) is 31.2. The smallest absolute Gasteiger partial charge is 0.416 e. The van der Waals surface area contributed by atoms with E-state index >= 15 is 0 Å². The standard InChI is InChI=1S/C28H36F3N3O6S/c1-18(2)15-34(41(36,37)21-10-8-20(9-11-21)28(29,30)31)16-23(32)24(14-19-6-4-3-5-7-19)33-27(35)40-25-17-39-26-22(25)12-13-38-26/h3-11,18,22-26H,12-17,32H2,1-2H3,(H,33,35)/t22-,23+,24-,25-,26+/m0/s1. The second kappa shape index (κ2) is 13.1. The van der Waals surface area contributed by atoms with Crippen molar-refractivity contribution in [1.82, 2.24) is 9.62 Å². The second-order valence-corrected chi connectivity index (χ2v) is 12.7. The molecule has 2 aliphatic rings. The minimum absolute atomic E-state index is 0.0580. The quantitative estimate of drug-likeness (QED) is 0.404. The molecule has 13 heteroatoms. The number of nitrogens with one attached hydrogen (secondary N) is 1. The van der Waals surface area contributed by atoms with E-state index in [-0.39, 0.29) is 36.4 Å². The molecule has 3 N–H and O–H groups in total. The number of fused-ring (bicyclic) bond motifs is 1. The molecule has 2 saturated heterocycles. The lowest BCUT2D eigenvalue weighted by Crippen LogP contribution is -2.55. The van der Waals surface area contributed by atoms with Gasteiger partial charge in [-0.05, 0) is 48.6 Å². The largest absolute Gasteiger partial charge is 0.443 e. The van der Waals surface area contributed by atoms with Crippen LogP contribution in [0.4, 0.5) is 18.0 Å². The molecule has 2 aliphatic heterocycles. The number of hydrogen-bond donors (Lipinski definition) is 2. The van der Waals surface area contributed by atoms with E-state index in [9.17, 15) is 26.4 Å². The number of carbonyl (C=O) groups is 1. The molecule has 0 spiro atoms. The van der Waals surface area contributed by atoms with Gasteiger partial charge in [0, 0.05) is 19.1 Å². The zero-order chi connectivity index (χ0) is 29.8. The van der Waals surface area contributed by atoms with Crippen molar-refractivity contribution in [1.29, 1.82) is 0 Å². The molecule has 0 aliphatic carbocycles. The van der Waals surface area contributed by atoms with Gasteiger partial charge in [-0.15, -0.1) is 0 Å². The van der Waals surface area contributed by atoms with Gasteiger partial charge in [0.05, 0.1) is 35.6 Å². The number of sulfonamides is 1. The highest BCUT2D eigenvalue weighted by Gasteiger charge is 2.44. The highest BCUT2D eigenvalue weighted by molar-refractivity contribution is 7.89. The highest BCUT2D eigenvalue weighted by atomic mass is 32.2. The van der Waals surface area contributed by atoms with Crippen molar-refractivity contribution in [3.63, 3.8) is 0 Å². The van der Waals surface area contributed by atoms with Crippen molar-refractivity contribution in [2.75, 3.05) is 26.3 Å². The molecule has 2 aromatic carbocycles. The molecule has 4 rings (SSSR count). The van der Waals surface area contributed by atoms with Crippen LogP contribution in [0.15, 0.2) is 59.5 Å². The van der Waals surface area contributed by atoms with Crippen LogP contribution in [0.5, 0.6) is 0 Å². The second-order valence-electron chi connectivity index (χ2n) is 10.8. The molecule has 2 aromatic rings. The average molecular weight is 600 g/mol. The molecule has 0 saturated carbocycles. The molecule has 1 amide bonds. The Hall–Kier alpha value is -2.71. The summed E-state index contributed by atoms with van der Waals surface area (Å²) in [6, 6.07) is 11.0. The Kier molecular flexibility index (Phi) is 9.96. The summed E-state index contributed by atoms with van der Waals surface area (Å²) in [6.07, 6.45) is -5.17. The summed E-state index contributed by atoms with van der Waals surface area (Å²) in [4.78, 5) is 12.7.